The summed E-state index contributed by atoms with van der Waals surface area (Å²) in [4.78, 5) is 11.6. The van der Waals surface area contributed by atoms with Gasteiger partial charge in [-0.2, -0.15) is 0 Å². The third-order valence-electron chi connectivity index (χ3n) is 3.53. The van der Waals surface area contributed by atoms with Crippen LogP contribution in [0.15, 0.2) is 6.07 Å². The maximum Gasteiger partial charge on any atom is 0.220 e. The number of hydrogen-bond donors (Lipinski definition) is 1. The molecule has 1 aliphatic heterocycles. The Morgan fingerprint density at radius 3 is 2.86 bits per heavy atom. The summed E-state index contributed by atoms with van der Waals surface area (Å²) in [6.07, 6.45) is 1.82. The molecular weight excluding hydrogens is 316 g/mol. The minimum atomic E-state index is -0.548. The SMILES string of the molecule is CCOc1c(C(C)Cl)cc(Cl)c(F)c1C1CCCC(=O)N1. The van der Waals surface area contributed by atoms with Crippen LogP contribution in [0.3, 0.4) is 0 Å². The van der Waals surface area contributed by atoms with Crippen LogP contribution in [0.2, 0.25) is 5.02 Å². The summed E-state index contributed by atoms with van der Waals surface area (Å²) in [5.74, 6) is -0.240. The van der Waals surface area contributed by atoms with Gasteiger partial charge in [0, 0.05) is 12.0 Å². The van der Waals surface area contributed by atoms with E-state index >= 15 is 0 Å². The standard InChI is InChI=1S/C15H18Cl2FNO2/c1-3-21-15-9(8(2)16)7-10(17)14(18)13(15)11-5-4-6-12(20)19-11/h7-8,11H,3-6H2,1-2H3,(H,19,20). The second-order valence-electron chi connectivity index (χ2n) is 5.07. The first-order valence-corrected chi connectivity index (χ1v) is 7.85. The average Bonchev–Trinajstić information content (AvgIpc) is 2.42. The number of ether oxygens (including phenoxy) is 1. The molecular formula is C15H18Cl2FNO2. The van der Waals surface area contributed by atoms with Gasteiger partial charge in [0.25, 0.3) is 0 Å². The van der Waals surface area contributed by atoms with Crippen molar-refractivity contribution in [2.45, 2.75) is 44.5 Å². The molecule has 1 aromatic carbocycles. The lowest BCUT2D eigenvalue weighted by Crippen LogP contribution is -2.33. The first-order valence-electron chi connectivity index (χ1n) is 7.03. The van der Waals surface area contributed by atoms with Crippen LogP contribution in [0.1, 0.15) is 55.7 Å². The lowest BCUT2D eigenvalue weighted by Gasteiger charge is -2.27. The third-order valence-corrected chi connectivity index (χ3v) is 4.04. The van der Waals surface area contributed by atoms with Gasteiger partial charge in [-0.25, -0.2) is 4.39 Å². The molecule has 3 nitrogen and oxygen atoms in total. The summed E-state index contributed by atoms with van der Waals surface area (Å²) in [6.45, 7) is 3.97. The van der Waals surface area contributed by atoms with Crippen molar-refractivity contribution in [2.75, 3.05) is 6.61 Å². The fourth-order valence-electron chi connectivity index (χ4n) is 2.58. The Balaban J connectivity index is 2.57. The van der Waals surface area contributed by atoms with Gasteiger partial charge in [0.1, 0.15) is 5.75 Å². The highest BCUT2D eigenvalue weighted by atomic mass is 35.5. The monoisotopic (exact) mass is 333 g/mol. The van der Waals surface area contributed by atoms with Crippen molar-refractivity contribution in [3.63, 3.8) is 0 Å². The maximum absolute atomic E-state index is 14.5. The van der Waals surface area contributed by atoms with E-state index in [1.807, 2.05) is 6.92 Å². The number of hydrogen-bond acceptors (Lipinski definition) is 2. The van der Waals surface area contributed by atoms with E-state index in [1.54, 1.807) is 6.92 Å². The summed E-state index contributed by atoms with van der Waals surface area (Å²) in [5.41, 5.74) is 0.944. The number of carbonyl (C=O) groups excluding carboxylic acids is 1. The lowest BCUT2D eigenvalue weighted by molar-refractivity contribution is -0.123. The molecule has 2 atom stereocenters. The van der Waals surface area contributed by atoms with Crippen molar-refractivity contribution in [3.8, 4) is 5.75 Å². The van der Waals surface area contributed by atoms with Crippen LogP contribution in [0, 0.1) is 5.82 Å². The molecule has 1 aromatic rings. The van der Waals surface area contributed by atoms with Crippen LogP contribution in [-0.4, -0.2) is 12.5 Å². The largest absolute Gasteiger partial charge is 0.493 e. The van der Waals surface area contributed by atoms with Crippen LogP contribution in [0.5, 0.6) is 5.75 Å². The molecule has 21 heavy (non-hydrogen) atoms. The highest BCUT2D eigenvalue weighted by Gasteiger charge is 2.30. The number of halogens is 3. The fraction of sp³-hybridized carbons (Fsp3) is 0.533. The molecule has 1 saturated heterocycles. The molecule has 116 valence electrons. The molecule has 1 heterocycles. The van der Waals surface area contributed by atoms with E-state index in [0.717, 1.165) is 0 Å². The second-order valence-corrected chi connectivity index (χ2v) is 6.13. The Hall–Kier alpha value is -1.00. The first-order chi connectivity index (χ1) is 9.95. The molecule has 2 rings (SSSR count). The predicted octanol–water partition coefficient (Wildman–Crippen LogP) is 4.52. The van der Waals surface area contributed by atoms with Gasteiger partial charge in [0.2, 0.25) is 5.91 Å². The van der Waals surface area contributed by atoms with Gasteiger partial charge < -0.3 is 10.1 Å². The molecule has 1 aliphatic rings. The summed E-state index contributed by atoms with van der Waals surface area (Å²) >= 11 is 12.1. The van der Waals surface area contributed by atoms with E-state index in [1.165, 1.54) is 6.07 Å². The molecule has 1 fully saturated rings. The smallest absolute Gasteiger partial charge is 0.220 e. The van der Waals surface area contributed by atoms with Gasteiger partial charge in [-0.15, -0.1) is 11.6 Å². The highest BCUT2D eigenvalue weighted by Crippen LogP contribution is 2.42. The molecule has 0 radical (unpaired) electrons. The van der Waals surface area contributed by atoms with Gasteiger partial charge in [0.15, 0.2) is 5.82 Å². The Kier molecular flexibility index (Phi) is 5.33. The van der Waals surface area contributed by atoms with E-state index in [9.17, 15) is 9.18 Å². The molecule has 0 aromatic heterocycles. The molecule has 0 bridgehead atoms. The normalized spacial score (nSPS) is 20.0. The second kappa shape index (κ2) is 6.84. The number of carbonyl (C=O) groups is 1. The topological polar surface area (TPSA) is 38.3 Å². The van der Waals surface area contributed by atoms with E-state index < -0.39 is 11.9 Å². The summed E-state index contributed by atoms with van der Waals surface area (Å²) in [7, 11) is 0. The van der Waals surface area contributed by atoms with Crippen LogP contribution >= 0.6 is 23.2 Å². The first kappa shape index (κ1) is 16.4. The van der Waals surface area contributed by atoms with Crippen molar-refractivity contribution in [1.29, 1.82) is 0 Å². The molecule has 1 amide bonds. The van der Waals surface area contributed by atoms with Crippen LogP contribution in [0.4, 0.5) is 4.39 Å². The molecule has 0 spiro atoms. The lowest BCUT2D eigenvalue weighted by atomic mass is 9.93. The number of rotatable bonds is 4. The van der Waals surface area contributed by atoms with E-state index in [4.69, 9.17) is 27.9 Å². The van der Waals surface area contributed by atoms with Gasteiger partial charge >= 0.3 is 0 Å². The van der Waals surface area contributed by atoms with Crippen molar-refractivity contribution in [1.82, 2.24) is 5.32 Å². The van der Waals surface area contributed by atoms with Crippen LogP contribution < -0.4 is 10.1 Å². The fourth-order valence-corrected chi connectivity index (χ4v) is 2.96. The summed E-state index contributed by atoms with van der Waals surface area (Å²) in [6, 6.07) is 1.06. The molecule has 6 heteroatoms. The number of alkyl halides is 1. The van der Waals surface area contributed by atoms with Crippen molar-refractivity contribution >= 4 is 29.1 Å². The quantitative estimate of drug-likeness (QED) is 0.822. The van der Waals surface area contributed by atoms with Crippen LogP contribution in [-0.2, 0) is 4.79 Å². The number of benzene rings is 1. The third kappa shape index (κ3) is 3.43. The van der Waals surface area contributed by atoms with Crippen molar-refractivity contribution < 1.29 is 13.9 Å². The zero-order chi connectivity index (χ0) is 15.6. The molecule has 0 saturated carbocycles. The number of nitrogens with one attached hydrogen (secondary N) is 1. The van der Waals surface area contributed by atoms with E-state index in [2.05, 4.69) is 5.32 Å². The summed E-state index contributed by atoms with van der Waals surface area (Å²) in [5, 5.41) is 2.43. The highest BCUT2D eigenvalue weighted by molar-refractivity contribution is 6.31. The Morgan fingerprint density at radius 2 is 2.29 bits per heavy atom. The maximum atomic E-state index is 14.5. The van der Waals surface area contributed by atoms with Gasteiger partial charge in [-0.3, -0.25) is 4.79 Å². The predicted molar refractivity (Wildman–Crippen MR) is 81.6 cm³/mol. The number of piperidine rings is 1. The van der Waals surface area contributed by atoms with Gasteiger partial charge in [-0.05, 0) is 32.8 Å². The van der Waals surface area contributed by atoms with Crippen molar-refractivity contribution in [2.24, 2.45) is 0 Å². The van der Waals surface area contributed by atoms with Gasteiger partial charge in [-0.1, -0.05) is 11.6 Å². The minimum absolute atomic E-state index is 0.00391. The summed E-state index contributed by atoms with van der Waals surface area (Å²) < 4.78 is 20.2. The number of amides is 1. The Bertz CT molecular complexity index is 549. The average molecular weight is 334 g/mol. The van der Waals surface area contributed by atoms with E-state index in [-0.39, 0.29) is 16.3 Å². The minimum Gasteiger partial charge on any atom is -0.493 e. The molecule has 2 unspecified atom stereocenters. The zero-order valence-corrected chi connectivity index (χ0v) is 13.5. The van der Waals surface area contributed by atoms with E-state index in [0.29, 0.717) is 42.7 Å². The zero-order valence-electron chi connectivity index (χ0n) is 12.0. The molecule has 0 aliphatic carbocycles. The van der Waals surface area contributed by atoms with Crippen molar-refractivity contribution in [3.05, 3.63) is 28.0 Å². The molecule has 1 N–H and O–H groups in total. The Morgan fingerprint density at radius 1 is 1.57 bits per heavy atom. The van der Waals surface area contributed by atoms with Crippen LogP contribution in [0.25, 0.3) is 0 Å². The Labute approximate surface area is 133 Å². The van der Waals surface area contributed by atoms with Gasteiger partial charge in [0.05, 0.1) is 28.6 Å².